The number of rotatable bonds is 6. The Balaban J connectivity index is 1.40. The summed E-state index contributed by atoms with van der Waals surface area (Å²) in [6.45, 7) is 7.43. The summed E-state index contributed by atoms with van der Waals surface area (Å²) in [5, 5.41) is 3.38. The van der Waals surface area contributed by atoms with Crippen molar-refractivity contribution in [3.8, 4) is 0 Å². The first-order chi connectivity index (χ1) is 14.9. The molecule has 1 aromatic heterocycles. The lowest BCUT2D eigenvalue weighted by Gasteiger charge is -2.50. The quantitative estimate of drug-likeness (QED) is 0.770. The molecule has 2 aromatic rings. The second-order valence-corrected chi connectivity index (χ2v) is 9.94. The van der Waals surface area contributed by atoms with Crippen LogP contribution in [-0.4, -0.2) is 68.7 Å². The molecule has 1 aliphatic heterocycles. The van der Waals surface area contributed by atoms with E-state index in [2.05, 4.69) is 88.4 Å². The van der Waals surface area contributed by atoms with Crippen molar-refractivity contribution >= 4 is 11.6 Å². The molecule has 1 aliphatic carbocycles. The van der Waals surface area contributed by atoms with Gasteiger partial charge < -0.3 is 15.1 Å². The molecule has 0 spiro atoms. The number of aromatic nitrogens is 2. The number of nitrogens with one attached hydrogen (secondary N) is 1. The lowest BCUT2D eigenvalue weighted by Crippen LogP contribution is -2.48. The van der Waals surface area contributed by atoms with E-state index in [-0.39, 0.29) is 5.54 Å². The van der Waals surface area contributed by atoms with Gasteiger partial charge in [0.05, 0.1) is 18.1 Å². The van der Waals surface area contributed by atoms with Crippen LogP contribution in [-0.2, 0) is 5.54 Å². The van der Waals surface area contributed by atoms with Gasteiger partial charge in [0.2, 0.25) is 5.95 Å². The molecule has 0 atom stereocenters. The largest absolute Gasteiger partial charge is 0.372 e. The van der Waals surface area contributed by atoms with Crippen molar-refractivity contribution in [2.75, 3.05) is 63.7 Å². The molecule has 0 radical (unpaired) electrons. The van der Waals surface area contributed by atoms with Gasteiger partial charge in [-0.15, -0.1) is 0 Å². The first-order valence-electron chi connectivity index (χ1n) is 11.6. The molecule has 6 heteroatoms. The van der Waals surface area contributed by atoms with E-state index in [4.69, 9.17) is 0 Å². The van der Waals surface area contributed by atoms with Gasteiger partial charge in [0.1, 0.15) is 0 Å². The molecule has 0 bridgehead atoms. The topological polar surface area (TPSA) is 47.5 Å². The molecule has 0 amide bonds. The molecule has 1 saturated carbocycles. The maximum atomic E-state index is 4.66. The number of hydrogen-bond donors (Lipinski definition) is 1. The predicted molar refractivity (Wildman–Crippen MR) is 129 cm³/mol. The molecule has 2 aliphatic rings. The summed E-state index contributed by atoms with van der Waals surface area (Å²) in [5.41, 5.74) is 2.99. The molecule has 4 rings (SSSR count). The lowest BCUT2D eigenvalue weighted by molar-refractivity contribution is 0.0457. The Bertz CT molecular complexity index is 821. The summed E-state index contributed by atoms with van der Waals surface area (Å²) in [7, 11) is 6.65. The second kappa shape index (κ2) is 9.13. The molecule has 31 heavy (non-hydrogen) atoms. The third-order valence-corrected chi connectivity index (χ3v) is 7.54. The van der Waals surface area contributed by atoms with Crippen LogP contribution in [0, 0.1) is 5.41 Å². The number of anilines is 2. The minimum absolute atomic E-state index is 0.146. The Labute approximate surface area is 187 Å². The van der Waals surface area contributed by atoms with E-state index in [0.717, 1.165) is 44.4 Å². The molecular weight excluding hydrogens is 384 g/mol. The Morgan fingerprint density at radius 2 is 1.55 bits per heavy atom. The Hall–Kier alpha value is -2.18. The van der Waals surface area contributed by atoms with Crippen molar-refractivity contribution in [2.45, 2.75) is 38.1 Å². The second-order valence-electron chi connectivity index (χ2n) is 9.94. The fourth-order valence-corrected chi connectivity index (χ4v) is 5.37. The highest BCUT2D eigenvalue weighted by atomic mass is 15.3. The molecule has 6 nitrogen and oxygen atoms in total. The minimum Gasteiger partial charge on any atom is -0.372 e. The highest BCUT2D eigenvalue weighted by molar-refractivity contribution is 5.45. The molecule has 2 fully saturated rings. The van der Waals surface area contributed by atoms with E-state index in [1.54, 1.807) is 0 Å². The van der Waals surface area contributed by atoms with Gasteiger partial charge in [-0.25, -0.2) is 9.97 Å². The summed E-state index contributed by atoms with van der Waals surface area (Å²) < 4.78 is 0. The van der Waals surface area contributed by atoms with Crippen molar-refractivity contribution in [2.24, 2.45) is 5.41 Å². The SMILES string of the molecule is CN(CC1(C)CCC(c2ccccc2)(N(C)C)CC1)c1cnc(N2CCNCC2)nc1. The van der Waals surface area contributed by atoms with Gasteiger partial charge in [-0.05, 0) is 50.8 Å². The Morgan fingerprint density at radius 1 is 0.935 bits per heavy atom. The fourth-order valence-electron chi connectivity index (χ4n) is 5.37. The van der Waals surface area contributed by atoms with E-state index in [1.807, 2.05) is 12.4 Å². The average Bonchev–Trinajstić information content (AvgIpc) is 2.81. The van der Waals surface area contributed by atoms with Crippen LogP contribution >= 0.6 is 0 Å². The smallest absolute Gasteiger partial charge is 0.225 e. The van der Waals surface area contributed by atoms with Gasteiger partial charge >= 0.3 is 0 Å². The standard InChI is InChI=1S/C25H38N6/c1-24(10-12-25(13-11-24,29(2)3)21-8-6-5-7-9-21)20-30(4)22-18-27-23(28-19-22)31-16-14-26-15-17-31/h5-9,18-19,26H,10-17,20H2,1-4H3. The highest BCUT2D eigenvalue weighted by Gasteiger charge is 2.43. The van der Waals surface area contributed by atoms with Crippen LogP contribution in [0.3, 0.4) is 0 Å². The maximum absolute atomic E-state index is 4.66. The zero-order valence-corrected chi connectivity index (χ0v) is 19.6. The average molecular weight is 423 g/mol. The molecule has 2 heterocycles. The van der Waals surface area contributed by atoms with Gasteiger partial charge in [-0.3, -0.25) is 4.90 Å². The van der Waals surface area contributed by atoms with Gasteiger partial charge in [-0.2, -0.15) is 0 Å². The number of nitrogens with zero attached hydrogens (tertiary/aromatic N) is 5. The lowest BCUT2D eigenvalue weighted by atomic mass is 9.65. The van der Waals surface area contributed by atoms with E-state index in [9.17, 15) is 0 Å². The zero-order valence-electron chi connectivity index (χ0n) is 19.6. The summed E-state index contributed by atoms with van der Waals surface area (Å²) in [6.07, 6.45) is 8.78. The normalized spacial score (nSPS) is 26.8. The van der Waals surface area contributed by atoms with Gasteiger partial charge in [0.25, 0.3) is 0 Å². The van der Waals surface area contributed by atoms with Crippen LogP contribution in [0.5, 0.6) is 0 Å². The van der Waals surface area contributed by atoms with E-state index >= 15 is 0 Å². The summed E-state index contributed by atoms with van der Waals surface area (Å²) in [5.74, 6) is 0.848. The Kier molecular flexibility index (Phi) is 6.49. The van der Waals surface area contributed by atoms with Crippen LogP contribution in [0.4, 0.5) is 11.6 Å². The predicted octanol–water partition coefficient (Wildman–Crippen LogP) is 3.36. The Morgan fingerprint density at radius 3 is 2.13 bits per heavy atom. The molecule has 1 aromatic carbocycles. The first kappa shape index (κ1) is 22.0. The van der Waals surface area contributed by atoms with E-state index in [1.165, 1.54) is 31.2 Å². The van der Waals surface area contributed by atoms with Crippen molar-refractivity contribution in [3.63, 3.8) is 0 Å². The fraction of sp³-hybridized carbons (Fsp3) is 0.600. The molecular formula is C25H38N6. The monoisotopic (exact) mass is 422 g/mol. The minimum atomic E-state index is 0.146. The van der Waals surface area contributed by atoms with Crippen molar-refractivity contribution in [1.29, 1.82) is 0 Å². The van der Waals surface area contributed by atoms with Crippen molar-refractivity contribution in [3.05, 3.63) is 48.3 Å². The third-order valence-electron chi connectivity index (χ3n) is 7.54. The molecule has 0 unspecified atom stereocenters. The molecule has 1 N–H and O–H groups in total. The van der Waals surface area contributed by atoms with Gasteiger partial charge in [-0.1, -0.05) is 37.3 Å². The zero-order chi connectivity index (χ0) is 21.9. The van der Waals surface area contributed by atoms with Gasteiger partial charge in [0, 0.05) is 45.3 Å². The van der Waals surface area contributed by atoms with Crippen LogP contribution in [0.25, 0.3) is 0 Å². The number of benzene rings is 1. The summed E-state index contributed by atoms with van der Waals surface area (Å²) in [4.78, 5) is 16.4. The van der Waals surface area contributed by atoms with Gasteiger partial charge in [0.15, 0.2) is 0 Å². The maximum Gasteiger partial charge on any atom is 0.225 e. The summed E-state index contributed by atoms with van der Waals surface area (Å²) in [6, 6.07) is 11.1. The van der Waals surface area contributed by atoms with E-state index in [0.29, 0.717) is 5.41 Å². The molecule has 1 saturated heterocycles. The van der Waals surface area contributed by atoms with Crippen LogP contribution < -0.4 is 15.1 Å². The highest BCUT2D eigenvalue weighted by Crippen LogP contribution is 2.48. The van der Waals surface area contributed by atoms with Crippen molar-refractivity contribution in [1.82, 2.24) is 20.2 Å². The number of piperazine rings is 1. The van der Waals surface area contributed by atoms with Crippen molar-refractivity contribution < 1.29 is 0 Å². The van der Waals surface area contributed by atoms with Crippen LogP contribution in [0.2, 0.25) is 0 Å². The first-order valence-corrected chi connectivity index (χ1v) is 11.6. The van der Waals surface area contributed by atoms with Crippen LogP contribution in [0.1, 0.15) is 38.2 Å². The number of hydrogen-bond acceptors (Lipinski definition) is 6. The van der Waals surface area contributed by atoms with E-state index < -0.39 is 0 Å². The summed E-state index contributed by atoms with van der Waals surface area (Å²) >= 11 is 0. The molecule has 168 valence electrons. The third kappa shape index (κ3) is 4.70. The van der Waals surface area contributed by atoms with Crippen LogP contribution in [0.15, 0.2) is 42.7 Å².